The third kappa shape index (κ3) is 2.19. The van der Waals surface area contributed by atoms with Crippen molar-refractivity contribution in [1.29, 1.82) is 0 Å². The van der Waals surface area contributed by atoms with E-state index < -0.39 is 0 Å². The second-order valence-electron chi connectivity index (χ2n) is 1.50. The van der Waals surface area contributed by atoms with Gasteiger partial charge in [-0.1, -0.05) is 0 Å². The molecule has 2 heteroatoms. The highest BCUT2D eigenvalue weighted by Crippen LogP contribution is 2.11. The minimum absolute atomic E-state index is 0.861. The Bertz CT molecular complexity index is 27.7. The first kappa shape index (κ1) is 5.45. The van der Waals surface area contributed by atoms with E-state index in [0.29, 0.717) is 0 Å². The molecule has 0 saturated carbocycles. The summed E-state index contributed by atoms with van der Waals surface area (Å²) < 4.78 is 5.03. The van der Waals surface area contributed by atoms with Gasteiger partial charge in [-0.05, 0) is 18.6 Å². The molecule has 1 heterocycles. The molecule has 0 unspecified atom stereocenters. The molecule has 1 aliphatic heterocycles. The van der Waals surface area contributed by atoms with Crippen LogP contribution in [0, 0.1) is 6.61 Å². The monoisotopic (exact) mass is 117 g/mol. The lowest BCUT2D eigenvalue weighted by atomic mass is 10.4. The zero-order chi connectivity index (χ0) is 4.95. The molecule has 0 aromatic rings. The van der Waals surface area contributed by atoms with E-state index in [1.54, 1.807) is 0 Å². The number of ether oxygens (including phenoxy) is 1. The van der Waals surface area contributed by atoms with Crippen LogP contribution in [0.1, 0.15) is 12.8 Å². The molecule has 0 atom stereocenters. The van der Waals surface area contributed by atoms with Gasteiger partial charge in [0.25, 0.3) is 0 Å². The molecule has 1 rings (SSSR count). The SMILES string of the molecule is [CH]1CCCSCO1. The van der Waals surface area contributed by atoms with Crippen LogP contribution in [0.25, 0.3) is 0 Å². The third-order valence-electron chi connectivity index (χ3n) is 0.880. The zero-order valence-electron chi connectivity index (χ0n) is 4.22. The van der Waals surface area contributed by atoms with Crippen molar-refractivity contribution in [3.8, 4) is 0 Å². The van der Waals surface area contributed by atoms with Gasteiger partial charge in [-0.2, -0.15) is 0 Å². The summed E-state index contributed by atoms with van der Waals surface area (Å²) in [5, 5.41) is 0. The normalized spacial score (nSPS) is 24.0. The van der Waals surface area contributed by atoms with Crippen LogP contribution >= 0.6 is 11.8 Å². The molecule has 0 aliphatic carbocycles. The molecule has 1 radical (unpaired) electrons. The first-order valence-electron chi connectivity index (χ1n) is 2.51. The van der Waals surface area contributed by atoms with E-state index in [-0.39, 0.29) is 0 Å². The zero-order valence-corrected chi connectivity index (χ0v) is 5.04. The molecular formula is C5H9OS. The van der Waals surface area contributed by atoms with Crippen LogP contribution in [0.4, 0.5) is 0 Å². The third-order valence-corrected chi connectivity index (χ3v) is 1.76. The quantitative estimate of drug-likeness (QED) is 0.477. The topological polar surface area (TPSA) is 9.23 Å². The van der Waals surface area contributed by atoms with Crippen LogP contribution in [0.3, 0.4) is 0 Å². The molecule has 0 aromatic carbocycles. The average Bonchev–Trinajstić information content (AvgIpc) is 1.90. The first-order chi connectivity index (χ1) is 3.50. The molecular weight excluding hydrogens is 108 g/mol. The van der Waals surface area contributed by atoms with Crippen molar-refractivity contribution in [2.75, 3.05) is 11.7 Å². The maximum Gasteiger partial charge on any atom is 0.0925 e. The predicted molar refractivity (Wildman–Crippen MR) is 31.9 cm³/mol. The number of rotatable bonds is 0. The van der Waals surface area contributed by atoms with Gasteiger partial charge in [0.2, 0.25) is 0 Å². The second-order valence-corrected chi connectivity index (χ2v) is 2.55. The minimum atomic E-state index is 0.861. The van der Waals surface area contributed by atoms with Crippen LogP contribution in [0.2, 0.25) is 0 Å². The van der Waals surface area contributed by atoms with E-state index in [4.69, 9.17) is 4.74 Å². The molecule has 0 spiro atoms. The van der Waals surface area contributed by atoms with Gasteiger partial charge in [0.05, 0.1) is 12.5 Å². The fraction of sp³-hybridized carbons (Fsp3) is 0.800. The Hall–Kier alpha value is 0.310. The molecule has 0 aromatic heterocycles. The lowest BCUT2D eigenvalue weighted by Crippen LogP contribution is -1.79. The Balaban J connectivity index is 2.04. The summed E-state index contributed by atoms with van der Waals surface area (Å²) in [5.74, 6) is 2.12. The van der Waals surface area contributed by atoms with E-state index in [9.17, 15) is 0 Å². The Morgan fingerprint density at radius 3 is 3.57 bits per heavy atom. The predicted octanol–water partition coefficient (Wildman–Crippen LogP) is 1.65. The van der Waals surface area contributed by atoms with Crippen molar-refractivity contribution >= 4 is 11.8 Å². The summed E-state index contributed by atoms with van der Waals surface area (Å²) >= 11 is 1.86. The summed E-state index contributed by atoms with van der Waals surface area (Å²) in [6.45, 7) is 1.90. The molecule has 1 aliphatic rings. The molecule has 7 heavy (non-hydrogen) atoms. The summed E-state index contributed by atoms with van der Waals surface area (Å²) in [4.78, 5) is 0. The lowest BCUT2D eigenvalue weighted by molar-refractivity contribution is 0.252. The van der Waals surface area contributed by atoms with Crippen LogP contribution in [0.15, 0.2) is 0 Å². The Morgan fingerprint density at radius 2 is 2.57 bits per heavy atom. The number of thioether (sulfide) groups is 1. The van der Waals surface area contributed by atoms with Crippen molar-refractivity contribution in [3.05, 3.63) is 6.61 Å². The summed E-state index contributed by atoms with van der Waals surface area (Å²) in [5.41, 5.74) is 0. The Labute approximate surface area is 48.4 Å². The highest BCUT2D eigenvalue weighted by atomic mass is 32.2. The van der Waals surface area contributed by atoms with Gasteiger partial charge in [-0.15, -0.1) is 11.8 Å². The van der Waals surface area contributed by atoms with E-state index in [1.807, 2.05) is 18.4 Å². The van der Waals surface area contributed by atoms with Crippen molar-refractivity contribution in [2.24, 2.45) is 0 Å². The van der Waals surface area contributed by atoms with E-state index in [1.165, 1.54) is 12.2 Å². The Kier molecular flexibility index (Phi) is 2.59. The minimum Gasteiger partial charge on any atom is -0.365 e. The van der Waals surface area contributed by atoms with Gasteiger partial charge in [0, 0.05) is 0 Å². The second kappa shape index (κ2) is 3.33. The van der Waals surface area contributed by atoms with Gasteiger partial charge in [0.1, 0.15) is 0 Å². The smallest absolute Gasteiger partial charge is 0.0925 e. The maximum absolute atomic E-state index is 5.03. The van der Waals surface area contributed by atoms with E-state index in [2.05, 4.69) is 0 Å². The highest BCUT2D eigenvalue weighted by molar-refractivity contribution is 7.99. The summed E-state index contributed by atoms with van der Waals surface area (Å²) in [6.07, 6.45) is 2.41. The fourth-order valence-electron chi connectivity index (χ4n) is 0.507. The molecule has 0 amide bonds. The summed E-state index contributed by atoms with van der Waals surface area (Å²) in [7, 11) is 0. The maximum atomic E-state index is 5.03. The molecule has 0 bridgehead atoms. The first-order valence-corrected chi connectivity index (χ1v) is 3.66. The largest absolute Gasteiger partial charge is 0.365 e. The molecule has 1 nitrogen and oxygen atoms in total. The number of hydrogen-bond acceptors (Lipinski definition) is 2. The fourth-order valence-corrected chi connectivity index (χ4v) is 1.19. The number of hydrogen-bond donors (Lipinski definition) is 0. The lowest BCUT2D eigenvalue weighted by Gasteiger charge is -1.90. The molecule has 1 fully saturated rings. The highest BCUT2D eigenvalue weighted by Gasteiger charge is 1.96. The van der Waals surface area contributed by atoms with Gasteiger partial charge >= 0.3 is 0 Å². The molecule has 41 valence electrons. The van der Waals surface area contributed by atoms with Crippen LogP contribution < -0.4 is 0 Å². The average molecular weight is 117 g/mol. The van der Waals surface area contributed by atoms with Gasteiger partial charge < -0.3 is 4.74 Å². The summed E-state index contributed by atoms with van der Waals surface area (Å²) in [6, 6.07) is 0. The Morgan fingerprint density at radius 1 is 1.57 bits per heavy atom. The van der Waals surface area contributed by atoms with Crippen LogP contribution in [-0.2, 0) is 4.74 Å². The van der Waals surface area contributed by atoms with E-state index in [0.717, 1.165) is 12.4 Å². The van der Waals surface area contributed by atoms with Crippen molar-refractivity contribution < 1.29 is 4.74 Å². The van der Waals surface area contributed by atoms with Crippen LogP contribution in [-0.4, -0.2) is 11.7 Å². The van der Waals surface area contributed by atoms with Gasteiger partial charge in [-0.25, -0.2) is 0 Å². The molecule has 1 saturated heterocycles. The van der Waals surface area contributed by atoms with Crippen molar-refractivity contribution in [2.45, 2.75) is 12.8 Å². The standard InChI is InChI=1S/C5H9OS/c1-2-4-7-5-6-3-1/h3H,1-2,4-5H2. The molecule has 0 N–H and O–H groups in total. The van der Waals surface area contributed by atoms with Gasteiger partial charge in [-0.3, -0.25) is 0 Å². The van der Waals surface area contributed by atoms with Crippen molar-refractivity contribution in [3.63, 3.8) is 0 Å². The van der Waals surface area contributed by atoms with Gasteiger partial charge in [0.15, 0.2) is 0 Å². The van der Waals surface area contributed by atoms with Crippen molar-refractivity contribution in [1.82, 2.24) is 0 Å². The van der Waals surface area contributed by atoms with Crippen LogP contribution in [0.5, 0.6) is 0 Å². The van der Waals surface area contributed by atoms with E-state index >= 15 is 0 Å².